The average Bonchev–Trinajstić information content (AvgIpc) is 2.95. The van der Waals surface area contributed by atoms with Gasteiger partial charge in [-0.3, -0.25) is 4.79 Å². The molecule has 0 N–H and O–H groups in total. The van der Waals surface area contributed by atoms with Crippen LogP contribution >= 0.6 is 0 Å². The van der Waals surface area contributed by atoms with Crippen molar-refractivity contribution in [3.05, 3.63) is 0 Å². The van der Waals surface area contributed by atoms with Crippen molar-refractivity contribution in [3.8, 4) is 0 Å². The smallest absolute Gasteiger partial charge is 0.303 e. The first-order chi connectivity index (χ1) is 7.25. The quantitative estimate of drug-likeness (QED) is 0.578. The van der Waals surface area contributed by atoms with Crippen LogP contribution in [0.2, 0.25) is 0 Å². The molecule has 1 aliphatic carbocycles. The van der Waals surface area contributed by atoms with E-state index in [0.29, 0.717) is 12.5 Å². The highest BCUT2D eigenvalue weighted by Crippen LogP contribution is 2.46. The van der Waals surface area contributed by atoms with Gasteiger partial charge in [-0.1, -0.05) is 0 Å². The molecule has 5 heteroatoms. The van der Waals surface area contributed by atoms with Crippen molar-refractivity contribution in [2.45, 2.75) is 37.8 Å². The van der Waals surface area contributed by atoms with Gasteiger partial charge in [0.15, 0.2) is 0 Å². The molecule has 84 valence electrons. The van der Waals surface area contributed by atoms with Crippen molar-refractivity contribution in [3.63, 3.8) is 0 Å². The number of ether oxygens (including phenoxy) is 4. The van der Waals surface area contributed by atoms with E-state index in [1.807, 2.05) is 0 Å². The molecule has 0 aromatic carbocycles. The Labute approximate surface area is 87.6 Å². The third kappa shape index (κ3) is 1.64. The highest BCUT2D eigenvalue weighted by atomic mass is 16.7. The van der Waals surface area contributed by atoms with Gasteiger partial charge in [0.25, 0.3) is 0 Å². The SMILES string of the molecule is CC(=O)O[C@@H]1C2CC2O[C@@H]2COCO[C@@H]12. The van der Waals surface area contributed by atoms with Gasteiger partial charge < -0.3 is 18.9 Å². The third-order valence-corrected chi connectivity index (χ3v) is 3.17. The van der Waals surface area contributed by atoms with Gasteiger partial charge in [0.1, 0.15) is 25.1 Å². The Morgan fingerprint density at radius 1 is 1.40 bits per heavy atom. The van der Waals surface area contributed by atoms with Crippen molar-refractivity contribution in [2.75, 3.05) is 13.4 Å². The minimum absolute atomic E-state index is 0.0770. The molecule has 0 aromatic rings. The van der Waals surface area contributed by atoms with Crippen LogP contribution in [0.25, 0.3) is 0 Å². The van der Waals surface area contributed by atoms with Gasteiger partial charge in [0.2, 0.25) is 0 Å². The molecule has 0 bridgehead atoms. The van der Waals surface area contributed by atoms with Crippen LogP contribution in [0.5, 0.6) is 0 Å². The molecule has 0 amide bonds. The van der Waals surface area contributed by atoms with E-state index >= 15 is 0 Å². The topological polar surface area (TPSA) is 54.0 Å². The number of hydrogen-bond donors (Lipinski definition) is 0. The van der Waals surface area contributed by atoms with Crippen molar-refractivity contribution < 1.29 is 23.7 Å². The average molecular weight is 214 g/mol. The fourth-order valence-electron chi connectivity index (χ4n) is 2.42. The summed E-state index contributed by atoms with van der Waals surface area (Å²) in [6, 6.07) is 0. The number of hydrogen-bond acceptors (Lipinski definition) is 5. The van der Waals surface area contributed by atoms with Crippen molar-refractivity contribution in [2.24, 2.45) is 5.92 Å². The molecule has 0 aromatic heterocycles. The fraction of sp³-hybridized carbons (Fsp3) is 0.900. The van der Waals surface area contributed by atoms with Crippen LogP contribution in [-0.2, 0) is 23.7 Å². The predicted molar refractivity (Wildman–Crippen MR) is 48.0 cm³/mol. The number of esters is 1. The van der Waals surface area contributed by atoms with Crippen molar-refractivity contribution >= 4 is 5.97 Å². The monoisotopic (exact) mass is 214 g/mol. The summed E-state index contributed by atoms with van der Waals surface area (Å²) in [5.74, 6) is 0.0784. The maximum atomic E-state index is 11.0. The van der Waals surface area contributed by atoms with Gasteiger partial charge in [-0.15, -0.1) is 0 Å². The zero-order valence-corrected chi connectivity index (χ0v) is 8.55. The number of carbonyl (C=O) groups is 1. The van der Waals surface area contributed by atoms with E-state index in [9.17, 15) is 4.79 Å². The second-order valence-electron chi connectivity index (χ2n) is 4.31. The molecule has 15 heavy (non-hydrogen) atoms. The standard InChI is InChI=1S/C10H14O5/c1-5(11)14-9-6-2-7(6)15-8-3-12-4-13-10(8)9/h6-10H,2-4H2,1H3/t6?,7?,8-,9-,10-/m1/s1. The lowest BCUT2D eigenvalue weighted by atomic mass is 10.0. The molecule has 0 spiro atoms. The summed E-state index contributed by atoms with van der Waals surface area (Å²) < 4.78 is 21.7. The fourth-order valence-corrected chi connectivity index (χ4v) is 2.42. The second kappa shape index (κ2) is 3.43. The lowest BCUT2D eigenvalue weighted by Crippen LogP contribution is -2.53. The summed E-state index contributed by atoms with van der Waals surface area (Å²) >= 11 is 0. The molecular weight excluding hydrogens is 200 g/mol. The summed E-state index contributed by atoms with van der Waals surface area (Å²) in [6.45, 7) is 2.23. The van der Waals surface area contributed by atoms with Gasteiger partial charge >= 0.3 is 5.97 Å². The number of fused-ring (bicyclic) bond motifs is 2. The molecule has 5 atom stereocenters. The number of carbonyl (C=O) groups excluding carboxylic acids is 1. The Morgan fingerprint density at radius 3 is 3.07 bits per heavy atom. The minimum atomic E-state index is -0.249. The lowest BCUT2D eigenvalue weighted by Gasteiger charge is -2.39. The molecule has 2 aliphatic heterocycles. The van der Waals surface area contributed by atoms with Crippen LogP contribution in [0.1, 0.15) is 13.3 Å². The summed E-state index contributed by atoms with van der Waals surface area (Å²) in [5.41, 5.74) is 0. The molecule has 0 radical (unpaired) electrons. The van der Waals surface area contributed by atoms with Gasteiger partial charge in [0, 0.05) is 12.8 Å². The summed E-state index contributed by atoms with van der Waals surface area (Å²) in [4.78, 5) is 11.0. The Bertz CT molecular complexity index is 279. The zero-order chi connectivity index (χ0) is 10.4. The molecule has 2 saturated heterocycles. The third-order valence-electron chi connectivity index (χ3n) is 3.17. The first-order valence-corrected chi connectivity index (χ1v) is 5.28. The first kappa shape index (κ1) is 9.57. The highest BCUT2D eigenvalue weighted by molar-refractivity contribution is 5.66. The van der Waals surface area contributed by atoms with E-state index in [4.69, 9.17) is 18.9 Å². The largest absolute Gasteiger partial charge is 0.459 e. The predicted octanol–water partition coefficient (Wildman–Crippen LogP) is 0.0783. The van der Waals surface area contributed by atoms with E-state index in [0.717, 1.165) is 6.42 Å². The van der Waals surface area contributed by atoms with Crippen LogP contribution < -0.4 is 0 Å². The Balaban J connectivity index is 1.75. The maximum Gasteiger partial charge on any atom is 0.303 e. The molecule has 3 rings (SSSR count). The molecule has 3 aliphatic rings. The molecular formula is C10H14O5. The van der Waals surface area contributed by atoms with E-state index in [1.54, 1.807) is 0 Å². The zero-order valence-electron chi connectivity index (χ0n) is 8.55. The minimum Gasteiger partial charge on any atom is -0.459 e. The Kier molecular flexibility index (Phi) is 2.19. The van der Waals surface area contributed by atoms with Crippen LogP contribution in [0.3, 0.4) is 0 Å². The molecule has 1 saturated carbocycles. The first-order valence-electron chi connectivity index (χ1n) is 5.28. The maximum absolute atomic E-state index is 11.0. The van der Waals surface area contributed by atoms with Crippen LogP contribution in [0.15, 0.2) is 0 Å². The van der Waals surface area contributed by atoms with Gasteiger partial charge in [0.05, 0.1) is 12.7 Å². The van der Waals surface area contributed by atoms with Gasteiger partial charge in [-0.05, 0) is 6.42 Å². The van der Waals surface area contributed by atoms with E-state index in [1.165, 1.54) is 6.92 Å². The van der Waals surface area contributed by atoms with E-state index < -0.39 is 0 Å². The van der Waals surface area contributed by atoms with Gasteiger partial charge in [-0.25, -0.2) is 0 Å². The van der Waals surface area contributed by atoms with Crippen LogP contribution in [0.4, 0.5) is 0 Å². The van der Waals surface area contributed by atoms with E-state index in [-0.39, 0.29) is 37.2 Å². The second-order valence-corrected chi connectivity index (χ2v) is 4.31. The van der Waals surface area contributed by atoms with Crippen molar-refractivity contribution in [1.29, 1.82) is 0 Å². The summed E-state index contributed by atoms with van der Waals surface area (Å²) in [5, 5.41) is 0. The molecule has 5 nitrogen and oxygen atoms in total. The van der Waals surface area contributed by atoms with Gasteiger partial charge in [-0.2, -0.15) is 0 Å². The van der Waals surface area contributed by atoms with Crippen molar-refractivity contribution in [1.82, 2.24) is 0 Å². The Morgan fingerprint density at radius 2 is 2.27 bits per heavy atom. The summed E-state index contributed by atoms with van der Waals surface area (Å²) in [6.07, 6.45) is 0.836. The van der Waals surface area contributed by atoms with Crippen LogP contribution in [0, 0.1) is 5.92 Å². The molecule has 2 heterocycles. The Hall–Kier alpha value is -0.650. The van der Waals surface area contributed by atoms with E-state index in [2.05, 4.69) is 0 Å². The number of rotatable bonds is 1. The lowest BCUT2D eigenvalue weighted by molar-refractivity contribution is -0.258. The van der Waals surface area contributed by atoms with Crippen LogP contribution in [-0.4, -0.2) is 43.8 Å². The molecule has 3 fully saturated rings. The summed E-state index contributed by atoms with van der Waals surface area (Å²) in [7, 11) is 0. The highest BCUT2D eigenvalue weighted by Gasteiger charge is 2.57. The normalized spacial score (nSPS) is 47.7. The molecule has 2 unspecified atom stereocenters.